The second-order valence-corrected chi connectivity index (χ2v) is 9.39. The zero-order valence-corrected chi connectivity index (χ0v) is 17.7. The van der Waals surface area contributed by atoms with E-state index in [4.69, 9.17) is 0 Å². The van der Waals surface area contributed by atoms with Gasteiger partial charge in [-0.3, -0.25) is 14.1 Å². The minimum Gasteiger partial charge on any atom is -0.282 e. The van der Waals surface area contributed by atoms with Crippen molar-refractivity contribution < 1.29 is 25.9 Å². The van der Waals surface area contributed by atoms with Crippen molar-refractivity contribution in [3.8, 4) is 34.0 Å². The normalized spacial score (nSPS) is 11.9. The van der Waals surface area contributed by atoms with E-state index in [2.05, 4.69) is 20.2 Å². The van der Waals surface area contributed by atoms with Crippen LogP contribution in [0.25, 0.3) is 34.0 Å². The molecule has 0 amide bonds. The summed E-state index contributed by atoms with van der Waals surface area (Å²) in [7, 11) is -8.83. The van der Waals surface area contributed by atoms with Crippen LogP contribution in [-0.4, -0.2) is 46.1 Å². The molecule has 2 N–H and O–H groups in total. The van der Waals surface area contributed by atoms with E-state index in [1.807, 2.05) is 6.07 Å². The number of benzene rings is 2. The highest BCUT2D eigenvalue weighted by molar-refractivity contribution is 7.86. The minimum absolute atomic E-state index is 0.0102. The molecule has 0 aliphatic rings. The molecule has 0 saturated heterocycles. The fourth-order valence-electron chi connectivity index (χ4n) is 2.90. The predicted molar refractivity (Wildman–Crippen MR) is 114 cm³/mol. The summed E-state index contributed by atoms with van der Waals surface area (Å²) in [6.07, 6.45) is 1.19. The third-order valence-electron chi connectivity index (χ3n) is 4.42. The van der Waals surface area contributed by atoms with Gasteiger partial charge >= 0.3 is 0 Å². The monoisotopic (exact) mass is 470 g/mol. The maximum absolute atomic E-state index is 11.5. The first-order valence-corrected chi connectivity index (χ1v) is 11.8. The first-order chi connectivity index (χ1) is 15.1. The van der Waals surface area contributed by atoms with Crippen molar-refractivity contribution in [2.24, 2.45) is 0 Å². The summed E-state index contributed by atoms with van der Waals surface area (Å²) in [6.45, 7) is 0. The number of rotatable bonds is 5. The summed E-state index contributed by atoms with van der Waals surface area (Å²) < 4.78 is 64.2. The highest BCUT2D eigenvalue weighted by Gasteiger charge is 2.18. The summed E-state index contributed by atoms with van der Waals surface area (Å²) in [4.78, 5) is 7.87. The molecule has 12 heteroatoms. The molecule has 0 bridgehead atoms. The van der Waals surface area contributed by atoms with Gasteiger partial charge in [-0.1, -0.05) is 42.5 Å². The van der Waals surface area contributed by atoms with Crippen molar-refractivity contribution in [2.75, 3.05) is 0 Å². The third-order valence-corrected chi connectivity index (χ3v) is 6.14. The summed E-state index contributed by atoms with van der Waals surface area (Å²) in [5.41, 5.74) is 1.93. The summed E-state index contributed by atoms with van der Waals surface area (Å²) in [6, 6.07) is 16.6. The lowest BCUT2D eigenvalue weighted by molar-refractivity contribution is 0.481. The molecule has 0 saturated carbocycles. The quantitative estimate of drug-likeness (QED) is 0.415. The molecule has 0 fully saturated rings. The van der Waals surface area contributed by atoms with Gasteiger partial charge in [-0.25, -0.2) is 4.98 Å². The van der Waals surface area contributed by atoms with Gasteiger partial charge in [0.2, 0.25) is 5.82 Å². The predicted octanol–water partition coefficient (Wildman–Crippen LogP) is 2.76. The van der Waals surface area contributed by atoms with E-state index in [1.54, 1.807) is 24.3 Å². The van der Waals surface area contributed by atoms with Crippen LogP contribution in [0.4, 0.5) is 0 Å². The fraction of sp³-hybridized carbons (Fsp3) is 0. The lowest BCUT2D eigenvalue weighted by Crippen LogP contribution is -2.03. The molecule has 0 spiro atoms. The average Bonchev–Trinajstić information content (AvgIpc) is 2.78. The molecule has 4 rings (SSSR count). The topological polar surface area (TPSA) is 160 Å². The maximum Gasteiger partial charge on any atom is 0.294 e. The van der Waals surface area contributed by atoms with Crippen LogP contribution in [0.2, 0.25) is 0 Å². The van der Waals surface area contributed by atoms with Gasteiger partial charge in [0.05, 0.1) is 9.79 Å². The van der Waals surface area contributed by atoms with Crippen molar-refractivity contribution in [2.45, 2.75) is 9.79 Å². The summed E-state index contributed by atoms with van der Waals surface area (Å²) in [5, 5.41) is 8.29. The molecule has 10 nitrogen and oxygen atoms in total. The third kappa shape index (κ3) is 4.53. The molecule has 2 heterocycles. The second kappa shape index (κ2) is 8.16. The van der Waals surface area contributed by atoms with Crippen LogP contribution in [0, 0.1) is 0 Å². The van der Waals surface area contributed by atoms with Crippen LogP contribution in [0.15, 0.2) is 82.7 Å². The Morgan fingerprint density at radius 2 is 1.28 bits per heavy atom. The van der Waals surface area contributed by atoms with E-state index in [1.165, 1.54) is 30.5 Å². The van der Waals surface area contributed by atoms with Crippen molar-refractivity contribution in [3.63, 3.8) is 0 Å². The zero-order valence-electron chi connectivity index (χ0n) is 16.1. The van der Waals surface area contributed by atoms with Crippen molar-refractivity contribution in [1.82, 2.24) is 20.2 Å². The van der Waals surface area contributed by atoms with Crippen LogP contribution in [-0.2, 0) is 20.2 Å². The van der Waals surface area contributed by atoms with E-state index in [9.17, 15) is 25.9 Å². The smallest absolute Gasteiger partial charge is 0.282 e. The van der Waals surface area contributed by atoms with Crippen LogP contribution in [0.5, 0.6) is 0 Å². The molecule has 162 valence electrons. The molecule has 0 atom stereocenters. The number of nitrogens with zero attached hydrogens (tertiary/aromatic N) is 4. The number of pyridine rings is 1. The molecule has 2 aromatic heterocycles. The Morgan fingerprint density at radius 1 is 0.656 bits per heavy atom. The Morgan fingerprint density at radius 3 is 1.91 bits per heavy atom. The highest BCUT2D eigenvalue weighted by Crippen LogP contribution is 2.30. The number of hydrogen-bond acceptors (Lipinski definition) is 8. The molecule has 32 heavy (non-hydrogen) atoms. The van der Waals surface area contributed by atoms with Gasteiger partial charge in [-0.05, 0) is 24.3 Å². The largest absolute Gasteiger partial charge is 0.294 e. The van der Waals surface area contributed by atoms with Crippen LogP contribution >= 0.6 is 0 Å². The van der Waals surface area contributed by atoms with Gasteiger partial charge in [0, 0.05) is 17.3 Å². The standard InChI is InChI=1S/C20H14N4O6S2/c25-31(26,27)15-8-6-14(7-9-15)18-19(13-4-2-1-3-5-13)23-24-20(22-18)17-12-16(10-11-21-17)32(28,29)30/h1-12H,(H,25,26,27)(H,28,29,30). The first-order valence-electron chi connectivity index (χ1n) is 8.95. The molecular weight excluding hydrogens is 456 g/mol. The summed E-state index contributed by atoms with van der Waals surface area (Å²) in [5.74, 6) is -0.0102. The fourth-order valence-corrected chi connectivity index (χ4v) is 3.88. The first kappa shape index (κ1) is 21.6. The van der Waals surface area contributed by atoms with Gasteiger partial charge < -0.3 is 0 Å². The zero-order chi connectivity index (χ0) is 22.9. The second-order valence-electron chi connectivity index (χ2n) is 6.55. The van der Waals surface area contributed by atoms with Crippen LogP contribution in [0.3, 0.4) is 0 Å². The molecule has 0 aliphatic carbocycles. The Kier molecular flexibility index (Phi) is 5.52. The Bertz CT molecular complexity index is 1510. The molecule has 0 aliphatic heterocycles. The molecule has 0 unspecified atom stereocenters. The van der Waals surface area contributed by atoms with E-state index >= 15 is 0 Å². The van der Waals surface area contributed by atoms with E-state index in [0.29, 0.717) is 22.5 Å². The SMILES string of the molecule is O=S(=O)(O)c1ccc(-c2nc(-c3cc(S(=O)(=O)O)ccn3)nnc2-c2ccccc2)cc1. The molecule has 4 aromatic rings. The van der Waals surface area contributed by atoms with Gasteiger partial charge in [0.25, 0.3) is 20.2 Å². The van der Waals surface area contributed by atoms with Gasteiger partial charge in [-0.2, -0.15) is 16.8 Å². The molecule has 2 aromatic carbocycles. The Hall–Kier alpha value is -3.58. The highest BCUT2D eigenvalue weighted by atomic mass is 32.2. The molecular formula is C20H14N4O6S2. The van der Waals surface area contributed by atoms with E-state index in [-0.39, 0.29) is 21.3 Å². The lowest BCUT2D eigenvalue weighted by atomic mass is 10.0. The average molecular weight is 470 g/mol. The van der Waals surface area contributed by atoms with Crippen LogP contribution in [0.1, 0.15) is 0 Å². The molecule has 0 radical (unpaired) electrons. The Labute approximate surface area is 183 Å². The maximum atomic E-state index is 11.5. The van der Waals surface area contributed by atoms with Crippen molar-refractivity contribution in [3.05, 3.63) is 72.9 Å². The number of aromatic nitrogens is 4. The van der Waals surface area contributed by atoms with Crippen molar-refractivity contribution >= 4 is 20.2 Å². The van der Waals surface area contributed by atoms with Crippen LogP contribution < -0.4 is 0 Å². The number of hydrogen-bond donors (Lipinski definition) is 2. The summed E-state index contributed by atoms with van der Waals surface area (Å²) >= 11 is 0. The van der Waals surface area contributed by atoms with Gasteiger partial charge in [0.15, 0.2) is 0 Å². The van der Waals surface area contributed by atoms with Crippen molar-refractivity contribution in [1.29, 1.82) is 0 Å². The minimum atomic E-state index is -4.46. The Balaban J connectivity index is 1.90. The van der Waals surface area contributed by atoms with E-state index in [0.717, 1.165) is 12.1 Å². The van der Waals surface area contributed by atoms with Gasteiger partial charge in [0.1, 0.15) is 17.1 Å². The van der Waals surface area contributed by atoms with Gasteiger partial charge in [-0.15, -0.1) is 10.2 Å². The lowest BCUT2D eigenvalue weighted by Gasteiger charge is -2.10. The van der Waals surface area contributed by atoms with E-state index < -0.39 is 20.2 Å².